The fourth-order valence-electron chi connectivity index (χ4n) is 4.03. The zero-order valence-electron chi connectivity index (χ0n) is 19.8. The van der Waals surface area contributed by atoms with Gasteiger partial charge in [-0.15, -0.1) is 0 Å². The third kappa shape index (κ3) is 6.50. The van der Waals surface area contributed by atoms with Crippen molar-refractivity contribution in [1.82, 2.24) is 9.88 Å². The third-order valence-corrected chi connectivity index (χ3v) is 6.96. The van der Waals surface area contributed by atoms with Crippen LogP contribution in [0.5, 0.6) is 5.75 Å². The zero-order valence-corrected chi connectivity index (χ0v) is 22.0. The maximum atomic E-state index is 13.1. The van der Waals surface area contributed by atoms with E-state index in [2.05, 4.69) is 43.1 Å². The Morgan fingerprint density at radius 1 is 1.06 bits per heavy atom. The van der Waals surface area contributed by atoms with E-state index in [-0.39, 0.29) is 5.91 Å². The first-order valence-corrected chi connectivity index (χ1v) is 13.3. The molecule has 3 aromatic rings. The van der Waals surface area contributed by atoms with Crippen molar-refractivity contribution >= 4 is 45.8 Å². The number of methoxy groups -OCH3 is 1. The minimum absolute atomic E-state index is 0.258. The second-order valence-corrected chi connectivity index (χ2v) is 9.26. The lowest BCUT2D eigenvalue weighted by Crippen LogP contribution is -2.35. The lowest BCUT2D eigenvalue weighted by atomic mass is 10.1. The van der Waals surface area contributed by atoms with Gasteiger partial charge >= 0.3 is 0 Å². The van der Waals surface area contributed by atoms with Crippen LogP contribution in [0.25, 0.3) is 0 Å². The maximum Gasteiger partial charge on any atom is 0.259 e. The Bertz CT molecular complexity index is 1160. The molecule has 0 atom stereocenters. The van der Waals surface area contributed by atoms with E-state index in [0.717, 1.165) is 47.0 Å². The van der Waals surface area contributed by atoms with Crippen molar-refractivity contribution in [2.75, 3.05) is 30.8 Å². The number of aromatic nitrogens is 1. The number of halogens is 1. The predicted octanol–water partition coefficient (Wildman–Crippen LogP) is 5.70. The van der Waals surface area contributed by atoms with E-state index in [0.29, 0.717) is 35.2 Å². The van der Waals surface area contributed by atoms with E-state index < -0.39 is 0 Å². The Hall–Kier alpha value is -3.14. The monoisotopic (exact) mass is 583 g/mol. The highest BCUT2D eigenvalue weighted by molar-refractivity contribution is 14.1. The fraction of sp³-hybridized carbons (Fsp3) is 0.296. The predicted molar refractivity (Wildman–Crippen MR) is 149 cm³/mol. The number of piperidine rings is 1. The first-order valence-electron chi connectivity index (χ1n) is 11.7. The highest BCUT2D eigenvalue weighted by atomic mass is 127. The van der Waals surface area contributed by atoms with Crippen LogP contribution >= 0.6 is 22.6 Å². The number of nitrogens with one attached hydrogen (secondary N) is 3. The number of ether oxygens (including phenoxy) is 1. The molecule has 1 fully saturated rings. The second-order valence-electron chi connectivity index (χ2n) is 8.50. The van der Waals surface area contributed by atoms with Crippen molar-refractivity contribution < 1.29 is 9.53 Å². The van der Waals surface area contributed by atoms with Gasteiger partial charge in [0.15, 0.2) is 0 Å². The van der Waals surface area contributed by atoms with Gasteiger partial charge in [0.2, 0.25) is 0 Å². The van der Waals surface area contributed by atoms with Gasteiger partial charge in [0.05, 0.1) is 12.7 Å². The maximum absolute atomic E-state index is 13.1. The highest BCUT2D eigenvalue weighted by Gasteiger charge is 2.16. The van der Waals surface area contributed by atoms with Gasteiger partial charge in [-0.3, -0.25) is 10.2 Å². The van der Waals surface area contributed by atoms with Gasteiger partial charge in [-0.1, -0.05) is 52.9 Å². The van der Waals surface area contributed by atoms with Crippen molar-refractivity contribution in [1.29, 1.82) is 5.41 Å². The molecule has 0 aliphatic carbocycles. The van der Waals surface area contributed by atoms with E-state index in [1.54, 1.807) is 19.4 Å². The molecule has 8 heteroatoms. The summed E-state index contributed by atoms with van der Waals surface area (Å²) in [5.41, 5.74) is 4.29. The Morgan fingerprint density at radius 2 is 1.80 bits per heavy atom. The Balaban J connectivity index is 1.44. The molecular formula is C27H30IN5O2. The van der Waals surface area contributed by atoms with Gasteiger partial charge in [0, 0.05) is 41.5 Å². The van der Waals surface area contributed by atoms with Crippen LogP contribution in [0, 0.1) is 5.41 Å². The van der Waals surface area contributed by atoms with Crippen LogP contribution in [0.1, 0.15) is 46.3 Å². The van der Waals surface area contributed by atoms with Crippen LogP contribution in [0.3, 0.4) is 0 Å². The Labute approximate surface area is 219 Å². The quantitative estimate of drug-likeness (QED) is 0.137. The topological polar surface area (TPSA) is 90.3 Å². The van der Waals surface area contributed by atoms with E-state index in [1.165, 1.54) is 6.42 Å². The van der Waals surface area contributed by atoms with Crippen LogP contribution in [0.4, 0.5) is 11.5 Å². The minimum Gasteiger partial charge on any atom is -0.497 e. The Kier molecular flexibility index (Phi) is 8.57. The van der Waals surface area contributed by atoms with Gasteiger partial charge in [-0.05, 0) is 54.7 Å². The van der Waals surface area contributed by atoms with Gasteiger partial charge in [-0.2, -0.15) is 0 Å². The number of hydrogen-bond donors (Lipinski definition) is 3. The molecule has 1 amide bonds. The molecule has 4 rings (SSSR count). The SMILES string of the molecule is COc1ccc(NCc2ccc(C(=N)N3CCCCC3)cc2)c(C(=O)Nc2ccc(CI)cn2)c1. The molecule has 35 heavy (non-hydrogen) atoms. The number of pyridine rings is 1. The molecule has 7 nitrogen and oxygen atoms in total. The van der Waals surface area contributed by atoms with Crippen LogP contribution in [0.2, 0.25) is 0 Å². The lowest BCUT2D eigenvalue weighted by Gasteiger charge is -2.29. The zero-order chi connectivity index (χ0) is 24.6. The van der Waals surface area contributed by atoms with Gasteiger partial charge in [-0.25, -0.2) is 4.98 Å². The number of benzene rings is 2. The average molecular weight is 583 g/mol. The second kappa shape index (κ2) is 12.0. The van der Waals surface area contributed by atoms with Crippen LogP contribution in [0.15, 0.2) is 60.8 Å². The highest BCUT2D eigenvalue weighted by Crippen LogP contribution is 2.24. The summed E-state index contributed by atoms with van der Waals surface area (Å²) in [6, 6.07) is 17.2. The number of amides is 1. The van der Waals surface area contributed by atoms with Crippen molar-refractivity contribution in [3.05, 3.63) is 83.0 Å². The molecule has 1 aliphatic heterocycles. The summed E-state index contributed by atoms with van der Waals surface area (Å²) < 4.78 is 6.20. The van der Waals surface area contributed by atoms with E-state index >= 15 is 0 Å². The fourth-order valence-corrected chi connectivity index (χ4v) is 4.48. The molecule has 2 aromatic carbocycles. The number of likely N-dealkylation sites (tertiary alicyclic amines) is 1. The average Bonchev–Trinajstić information content (AvgIpc) is 2.92. The number of rotatable bonds is 8. The third-order valence-electron chi connectivity index (χ3n) is 6.07. The summed E-state index contributed by atoms with van der Waals surface area (Å²) >= 11 is 2.28. The first-order chi connectivity index (χ1) is 17.1. The molecule has 182 valence electrons. The van der Waals surface area contributed by atoms with E-state index in [1.807, 2.05) is 48.5 Å². The molecular weight excluding hydrogens is 553 g/mol. The summed E-state index contributed by atoms with van der Waals surface area (Å²) in [5, 5.41) is 14.8. The van der Waals surface area contributed by atoms with Gasteiger partial charge < -0.3 is 20.3 Å². The van der Waals surface area contributed by atoms with Crippen LogP contribution in [-0.2, 0) is 11.0 Å². The first kappa shape index (κ1) is 25.0. The van der Waals surface area contributed by atoms with E-state index in [4.69, 9.17) is 10.1 Å². The van der Waals surface area contributed by atoms with Crippen LogP contribution in [-0.4, -0.2) is 41.8 Å². The Morgan fingerprint density at radius 3 is 2.46 bits per heavy atom. The van der Waals surface area contributed by atoms with E-state index in [9.17, 15) is 4.79 Å². The molecule has 0 unspecified atom stereocenters. The van der Waals surface area contributed by atoms with Crippen molar-refractivity contribution in [2.45, 2.75) is 30.2 Å². The number of nitrogens with zero attached hydrogens (tertiary/aromatic N) is 2. The summed E-state index contributed by atoms with van der Waals surface area (Å²) in [6.45, 7) is 2.47. The molecule has 0 saturated carbocycles. The smallest absolute Gasteiger partial charge is 0.259 e. The number of hydrogen-bond acceptors (Lipinski definition) is 5. The number of carbonyl (C=O) groups excluding carboxylic acids is 1. The van der Waals surface area contributed by atoms with Gasteiger partial charge in [0.1, 0.15) is 17.4 Å². The number of alkyl halides is 1. The lowest BCUT2D eigenvalue weighted by molar-refractivity contribution is 0.102. The summed E-state index contributed by atoms with van der Waals surface area (Å²) in [4.78, 5) is 19.5. The normalized spacial score (nSPS) is 13.3. The number of carbonyl (C=O) groups is 1. The van der Waals surface area contributed by atoms with Crippen molar-refractivity contribution in [3.8, 4) is 5.75 Å². The molecule has 0 bridgehead atoms. The molecule has 1 saturated heterocycles. The minimum atomic E-state index is -0.258. The van der Waals surface area contributed by atoms with Crippen LogP contribution < -0.4 is 15.4 Å². The van der Waals surface area contributed by atoms with Gasteiger partial charge in [0.25, 0.3) is 5.91 Å². The molecule has 0 radical (unpaired) electrons. The molecule has 1 aromatic heterocycles. The molecule has 1 aliphatic rings. The molecule has 2 heterocycles. The van der Waals surface area contributed by atoms with Crippen molar-refractivity contribution in [2.24, 2.45) is 0 Å². The van der Waals surface area contributed by atoms with Crippen molar-refractivity contribution in [3.63, 3.8) is 0 Å². The molecule has 0 spiro atoms. The summed E-state index contributed by atoms with van der Waals surface area (Å²) in [6.07, 6.45) is 5.33. The number of amidine groups is 1. The number of anilines is 2. The largest absolute Gasteiger partial charge is 0.497 e. The summed E-state index contributed by atoms with van der Waals surface area (Å²) in [7, 11) is 1.58. The standard InChI is InChI=1S/C27H30IN5O2/c1-35-22-10-11-24(23(15-22)27(34)32-25-12-7-20(16-28)18-31-25)30-17-19-5-8-21(9-6-19)26(29)33-13-3-2-4-14-33/h5-12,15,18,29-30H,2-4,13-14,16-17H2,1H3,(H,31,32,34). The summed E-state index contributed by atoms with van der Waals surface area (Å²) in [5.74, 6) is 1.45. The molecule has 3 N–H and O–H groups in total.